The fourth-order valence-corrected chi connectivity index (χ4v) is 1.16. The van der Waals surface area contributed by atoms with Crippen molar-refractivity contribution in [1.82, 2.24) is 0 Å². The van der Waals surface area contributed by atoms with Gasteiger partial charge in [-0.05, 0) is 25.5 Å². The van der Waals surface area contributed by atoms with Gasteiger partial charge < -0.3 is 10.4 Å². The van der Waals surface area contributed by atoms with E-state index in [0.717, 1.165) is 12.1 Å². The summed E-state index contributed by atoms with van der Waals surface area (Å²) in [7, 11) is 0. The van der Waals surface area contributed by atoms with E-state index in [1.54, 1.807) is 0 Å². The molecule has 13 heavy (non-hydrogen) atoms. The van der Waals surface area contributed by atoms with Crippen LogP contribution < -0.4 is 5.32 Å². The minimum absolute atomic E-state index is 0.169. The largest absolute Gasteiger partial charge is 0.394 e. The molecule has 0 heterocycles. The normalized spacial score (nSPS) is 12.5. The van der Waals surface area contributed by atoms with E-state index >= 15 is 0 Å². The predicted molar refractivity (Wildman–Crippen MR) is 56.0 cm³/mol. The Hall–Kier alpha value is -1.02. The van der Waals surface area contributed by atoms with Crippen LogP contribution in [0.25, 0.3) is 0 Å². The van der Waals surface area contributed by atoms with Crippen LogP contribution in [0.3, 0.4) is 0 Å². The zero-order valence-electron chi connectivity index (χ0n) is 8.25. The first-order valence-corrected chi connectivity index (χ1v) is 4.70. The highest BCUT2D eigenvalue weighted by molar-refractivity contribution is 5.45. The minimum Gasteiger partial charge on any atom is -0.394 e. The first kappa shape index (κ1) is 10.1. The fourth-order valence-electron chi connectivity index (χ4n) is 1.16. The maximum atomic E-state index is 8.98. The number of aliphatic hydroxyl groups excluding tert-OH is 1. The van der Waals surface area contributed by atoms with Crippen molar-refractivity contribution in [2.45, 2.75) is 26.3 Å². The van der Waals surface area contributed by atoms with Crippen LogP contribution in [0, 0.1) is 6.92 Å². The van der Waals surface area contributed by atoms with Gasteiger partial charge in [-0.25, -0.2) is 0 Å². The Kier molecular flexibility index (Phi) is 3.77. The number of hydrogen-bond donors (Lipinski definition) is 2. The minimum atomic E-state index is 0.169. The van der Waals surface area contributed by atoms with Gasteiger partial charge in [-0.2, -0.15) is 0 Å². The molecule has 0 aliphatic carbocycles. The second-order valence-electron chi connectivity index (χ2n) is 3.30. The lowest BCUT2D eigenvalue weighted by molar-refractivity contribution is 0.272. The molecular weight excluding hydrogens is 162 g/mol. The Bertz CT molecular complexity index is 239. The Morgan fingerprint density at radius 2 is 1.92 bits per heavy atom. The maximum Gasteiger partial charge on any atom is 0.0632 e. The highest BCUT2D eigenvalue weighted by atomic mass is 16.3. The van der Waals surface area contributed by atoms with Gasteiger partial charge in [-0.15, -0.1) is 0 Å². The monoisotopic (exact) mass is 179 g/mol. The molecule has 72 valence electrons. The average molecular weight is 179 g/mol. The fraction of sp³-hybridized carbons (Fsp3) is 0.455. The highest BCUT2D eigenvalue weighted by Gasteiger charge is 2.02. The lowest BCUT2D eigenvalue weighted by Crippen LogP contribution is -2.22. The molecule has 2 heteroatoms. The van der Waals surface area contributed by atoms with Gasteiger partial charge in [-0.1, -0.05) is 24.6 Å². The molecule has 1 rings (SSSR count). The van der Waals surface area contributed by atoms with Gasteiger partial charge in [0, 0.05) is 11.7 Å². The summed E-state index contributed by atoms with van der Waals surface area (Å²) in [5.41, 5.74) is 2.33. The van der Waals surface area contributed by atoms with Gasteiger partial charge >= 0.3 is 0 Å². The number of hydrogen-bond acceptors (Lipinski definition) is 2. The van der Waals surface area contributed by atoms with Crippen LogP contribution in [-0.2, 0) is 0 Å². The zero-order chi connectivity index (χ0) is 9.68. The van der Waals surface area contributed by atoms with E-state index < -0.39 is 0 Å². The molecule has 0 saturated carbocycles. The van der Waals surface area contributed by atoms with Crippen LogP contribution in [0.4, 0.5) is 5.69 Å². The summed E-state index contributed by atoms with van der Waals surface area (Å²) in [6, 6.07) is 8.36. The highest BCUT2D eigenvalue weighted by Crippen LogP contribution is 2.10. The van der Waals surface area contributed by atoms with E-state index in [4.69, 9.17) is 5.11 Å². The number of anilines is 1. The van der Waals surface area contributed by atoms with Gasteiger partial charge in [0.05, 0.1) is 6.61 Å². The van der Waals surface area contributed by atoms with Crippen LogP contribution >= 0.6 is 0 Å². The van der Waals surface area contributed by atoms with Crippen LogP contribution in [0.5, 0.6) is 0 Å². The molecule has 0 spiro atoms. The van der Waals surface area contributed by atoms with Crippen molar-refractivity contribution in [2.24, 2.45) is 0 Å². The molecular formula is C11H17NO. The smallest absolute Gasteiger partial charge is 0.0632 e. The van der Waals surface area contributed by atoms with E-state index in [2.05, 4.69) is 31.3 Å². The first-order valence-electron chi connectivity index (χ1n) is 4.70. The Morgan fingerprint density at radius 3 is 2.38 bits per heavy atom. The van der Waals surface area contributed by atoms with Gasteiger partial charge in [-0.3, -0.25) is 0 Å². The third-order valence-corrected chi connectivity index (χ3v) is 2.14. The summed E-state index contributed by atoms with van der Waals surface area (Å²) in [4.78, 5) is 0. The molecule has 0 unspecified atom stereocenters. The SMILES string of the molecule is CC[C@@H](CO)Nc1ccc(C)cc1. The number of nitrogens with one attached hydrogen (secondary N) is 1. The van der Waals surface area contributed by atoms with E-state index in [-0.39, 0.29) is 12.6 Å². The van der Waals surface area contributed by atoms with Crippen molar-refractivity contribution in [2.75, 3.05) is 11.9 Å². The molecule has 0 aromatic heterocycles. The van der Waals surface area contributed by atoms with Crippen molar-refractivity contribution in [1.29, 1.82) is 0 Å². The molecule has 0 aliphatic rings. The van der Waals surface area contributed by atoms with E-state index in [0.29, 0.717) is 0 Å². The van der Waals surface area contributed by atoms with Crippen molar-refractivity contribution in [3.05, 3.63) is 29.8 Å². The zero-order valence-corrected chi connectivity index (χ0v) is 8.25. The summed E-state index contributed by atoms with van der Waals surface area (Å²) in [5, 5.41) is 12.2. The van der Waals surface area contributed by atoms with Crippen LogP contribution in [0.2, 0.25) is 0 Å². The van der Waals surface area contributed by atoms with Gasteiger partial charge in [0.25, 0.3) is 0 Å². The van der Waals surface area contributed by atoms with E-state index in [1.807, 2.05) is 12.1 Å². The molecule has 0 amide bonds. The summed E-state index contributed by atoms with van der Waals surface area (Å²) in [5.74, 6) is 0. The van der Waals surface area contributed by atoms with Crippen molar-refractivity contribution in [3.63, 3.8) is 0 Å². The summed E-state index contributed by atoms with van der Waals surface area (Å²) < 4.78 is 0. The van der Waals surface area contributed by atoms with Crippen molar-refractivity contribution < 1.29 is 5.11 Å². The van der Waals surface area contributed by atoms with Gasteiger partial charge in [0.15, 0.2) is 0 Å². The summed E-state index contributed by atoms with van der Waals surface area (Å²) in [6.45, 7) is 4.31. The Balaban J connectivity index is 2.58. The van der Waals surface area contributed by atoms with Crippen molar-refractivity contribution in [3.8, 4) is 0 Å². The summed E-state index contributed by atoms with van der Waals surface area (Å²) >= 11 is 0. The van der Waals surface area contributed by atoms with Gasteiger partial charge in [0.1, 0.15) is 0 Å². The first-order chi connectivity index (χ1) is 6.26. The molecule has 0 radical (unpaired) electrons. The molecule has 0 saturated heterocycles. The van der Waals surface area contributed by atoms with Crippen LogP contribution in [0.15, 0.2) is 24.3 Å². The number of benzene rings is 1. The maximum absolute atomic E-state index is 8.98. The molecule has 1 aromatic carbocycles. The van der Waals surface area contributed by atoms with Crippen molar-refractivity contribution >= 4 is 5.69 Å². The standard InChI is InChI=1S/C11H17NO/c1-3-10(8-13)12-11-6-4-9(2)5-7-11/h4-7,10,12-13H,3,8H2,1-2H3/t10-/m0/s1. The third-order valence-electron chi connectivity index (χ3n) is 2.14. The summed E-state index contributed by atoms with van der Waals surface area (Å²) in [6.07, 6.45) is 0.935. The van der Waals surface area contributed by atoms with Crippen LogP contribution in [-0.4, -0.2) is 17.8 Å². The molecule has 2 N–H and O–H groups in total. The topological polar surface area (TPSA) is 32.3 Å². The lowest BCUT2D eigenvalue weighted by Gasteiger charge is -2.15. The second kappa shape index (κ2) is 4.87. The molecule has 2 nitrogen and oxygen atoms in total. The molecule has 0 fully saturated rings. The van der Waals surface area contributed by atoms with Crippen LogP contribution in [0.1, 0.15) is 18.9 Å². The predicted octanol–water partition coefficient (Wildman–Crippen LogP) is 2.18. The van der Waals surface area contributed by atoms with Gasteiger partial charge in [0.2, 0.25) is 0 Å². The lowest BCUT2D eigenvalue weighted by atomic mass is 10.2. The van der Waals surface area contributed by atoms with E-state index in [9.17, 15) is 0 Å². The Morgan fingerprint density at radius 1 is 1.31 bits per heavy atom. The van der Waals surface area contributed by atoms with E-state index in [1.165, 1.54) is 5.56 Å². The molecule has 1 atom stereocenters. The number of aliphatic hydroxyl groups is 1. The third kappa shape index (κ3) is 3.07. The molecule has 0 bridgehead atoms. The average Bonchev–Trinajstić information content (AvgIpc) is 2.17. The second-order valence-corrected chi connectivity index (χ2v) is 3.30. The molecule has 0 aliphatic heterocycles. The molecule has 1 aromatic rings. The number of rotatable bonds is 4. The quantitative estimate of drug-likeness (QED) is 0.742. The Labute approximate surface area is 79.6 Å². The number of aryl methyl sites for hydroxylation is 1.